The third-order valence-corrected chi connectivity index (χ3v) is 5.76. The van der Waals surface area contributed by atoms with Crippen molar-refractivity contribution >= 4 is 11.9 Å². The van der Waals surface area contributed by atoms with Gasteiger partial charge in [-0.25, -0.2) is 9.59 Å². The second-order valence-electron chi connectivity index (χ2n) is 7.58. The van der Waals surface area contributed by atoms with Crippen LogP contribution in [-0.4, -0.2) is 50.6 Å². The van der Waals surface area contributed by atoms with Crippen LogP contribution in [0.25, 0.3) is 0 Å². The Labute approximate surface area is 166 Å². The molecule has 0 saturated heterocycles. The van der Waals surface area contributed by atoms with Gasteiger partial charge in [0.05, 0.1) is 23.3 Å². The number of hydrogen-bond donors (Lipinski definition) is 0. The topological polar surface area (TPSA) is 71.1 Å². The fourth-order valence-corrected chi connectivity index (χ4v) is 4.09. The van der Waals surface area contributed by atoms with Crippen LogP contribution in [0.2, 0.25) is 0 Å². The summed E-state index contributed by atoms with van der Waals surface area (Å²) in [6.45, 7) is 0. The minimum atomic E-state index is -0.388. The summed E-state index contributed by atoms with van der Waals surface area (Å²) in [4.78, 5) is 24.9. The van der Waals surface area contributed by atoms with E-state index in [1.165, 1.54) is 0 Å². The summed E-state index contributed by atoms with van der Waals surface area (Å²) in [6, 6.07) is 6.44. The van der Waals surface area contributed by atoms with E-state index in [0.717, 1.165) is 51.4 Å². The largest absolute Gasteiger partial charge is 0.456 e. The lowest BCUT2D eigenvalue weighted by Gasteiger charge is -2.30. The van der Waals surface area contributed by atoms with Crippen molar-refractivity contribution in [2.75, 3.05) is 14.2 Å². The zero-order chi connectivity index (χ0) is 19.9. The van der Waals surface area contributed by atoms with Crippen molar-refractivity contribution in [3.63, 3.8) is 0 Å². The van der Waals surface area contributed by atoms with Gasteiger partial charge in [0.15, 0.2) is 0 Å². The summed E-state index contributed by atoms with van der Waals surface area (Å²) >= 11 is 0. The highest BCUT2D eigenvalue weighted by atomic mass is 16.6. The standard InChI is InChI=1S/C22H30O6/c1-25-17-7-3-5-9-19(17)27-21(23)15-11-13-16(14-12-15)22(24)28-20-10-6-4-8-18(20)26-2/h11-14,17-20H,3-10H2,1-2H3. The van der Waals surface area contributed by atoms with E-state index in [1.807, 2.05) is 0 Å². The van der Waals surface area contributed by atoms with E-state index in [4.69, 9.17) is 18.9 Å². The highest BCUT2D eigenvalue weighted by molar-refractivity contribution is 5.93. The summed E-state index contributed by atoms with van der Waals surface area (Å²) < 4.78 is 22.1. The van der Waals surface area contributed by atoms with Crippen molar-refractivity contribution in [1.29, 1.82) is 0 Å². The number of benzene rings is 1. The van der Waals surface area contributed by atoms with Gasteiger partial charge in [-0.3, -0.25) is 0 Å². The lowest BCUT2D eigenvalue weighted by Crippen LogP contribution is -2.36. The molecule has 0 heterocycles. The van der Waals surface area contributed by atoms with Crippen molar-refractivity contribution < 1.29 is 28.5 Å². The molecule has 154 valence electrons. The van der Waals surface area contributed by atoms with Crippen molar-refractivity contribution in [2.45, 2.75) is 75.8 Å². The number of ether oxygens (including phenoxy) is 4. The number of hydrogen-bond acceptors (Lipinski definition) is 6. The van der Waals surface area contributed by atoms with E-state index >= 15 is 0 Å². The maximum absolute atomic E-state index is 12.4. The van der Waals surface area contributed by atoms with Gasteiger partial charge < -0.3 is 18.9 Å². The summed E-state index contributed by atoms with van der Waals surface area (Å²) in [5.74, 6) is -0.777. The van der Waals surface area contributed by atoms with Gasteiger partial charge in [0, 0.05) is 14.2 Å². The van der Waals surface area contributed by atoms with Crippen LogP contribution >= 0.6 is 0 Å². The van der Waals surface area contributed by atoms with Crippen LogP contribution in [0.1, 0.15) is 72.1 Å². The molecule has 0 amide bonds. The van der Waals surface area contributed by atoms with Gasteiger partial charge in [0.25, 0.3) is 0 Å². The van der Waals surface area contributed by atoms with Crippen LogP contribution in [0, 0.1) is 0 Å². The highest BCUT2D eigenvalue weighted by Gasteiger charge is 2.30. The molecule has 0 N–H and O–H groups in total. The Balaban J connectivity index is 1.57. The van der Waals surface area contributed by atoms with Crippen molar-refractivity contribution in [3.8, 4) is 0 Å². The Kier molecular flexibility index (Phi) is 7.45. The smallest absolute Gasteiger partial charge is 0.338 e. The van der Waals surface area contributed by atoms with Crippen LogP contribution < -0.4 is 0 Å². The molecule has 1 aromatic rings. The predicted molar refractivity (Wildman–Crippen MR) is 103 cm³/mol. The molecule has 3 rings (SSSR count). The van der Waals surface area contributed by atoms with E-state index in [0.29, 0.717) is 11.1 Å². The molecule has 0 aromatic heterocycles. The molecule has 1 aromatic carbocycles. The summed E-state index contributed by atoms with van der Waals surface area (Å²) in [7, 11) is 3.30. The third kappa shape index (κ3) is 5.11. The van der Waals surface area contributed by atoms with Crippen molar-refractivity contribution in [1.82, 2.24) is 0 Å². The van der Waals surface area contributed by atoms with Crippen LogP contribution in [0.15, 0.2) is 24.3 Å². The van der Waals surface area contributed by atoms with Crippen molar-refractivity contribution in [2.24, 2.45) is 0 Å². The average Bonchev–Trinajstić information content (AvgIpc) is 2.74. The molecule has 2 fully saturated rings. The maximum atomic E-state index is 12.4. The fraction of sp³-hybridized carbons (Fsp3) is 0.636. The second-order valence-corrected chi connectivity index (χ2v) is 7.58. The first kappa shape index (κ1) is 20.8. The van der Waals surface area contributed by atoms with Crippen LogP contribution in [-0.2, 0) is 18.9 Å². The predicted octanol–water partition coefficient (Wildman–Crippen LogP) is 3.92. The van der Waals surface area contributed by atoms with Gasteiger partial charge in [-0.1, -0.05) is 12.8 Å². The first-order chi connectivity index (χ1) is 13.6. The molecule has 2 saturated carbocycles. The Morgan fingerprint density at radius 2 is 0.964 bits per heavy atom. The van der Waals surface area contributed by atoms with E-state index < -0.39 is 0 Å². The summed E-state index contributed by atoms with van der Waals surface area (Å²) in [5, 5.41) is 0. The first-order valence-electron chi connectivity index (χ1n) is 10.2. The number of esters is 2. The number of carbonyl (C=O) groups is 2. The molecular weight excluding hydrogens is 360 g/mol. The summed E-state index contributed by atoms with van der Waals surface area (Å²) in [6.07, 6.45) is 7.17. The molecule has 4 unspecified atom stereocenters. The Bertz CT molecular complexity index is 598. The van der Waals surface area contributed by atoms with E-state index in [2.05, 4.69) is 0 Å². The van der Waals surface area contributed by atoms with Gasteiger partial charge in [-0.05, 0) is 62.8 Å². The monoisotopic (exact) mass is 390 g/mol. The third-order valence-electron chi connectivity index (χ3n) is 5.76. The van der Waals surface area contributed by atoms with Gasteiger partial charge in [0.2, 0.25) is 0 Å². The minimum absolute atomic E-state index is 0.0452. The highest BCUT2D eigenvalue weighted by Crippen LogP contribution is 2.26. The fourth-order valence-electron chi connectivity index (χ4n) is 4.09. The number of carbonyl (C=O) groups excluding carboxylic acids is 2. The van der Waals surface area contributed by atoms with Gasteiger partial charge >= 0.3 is 11.9 Å². The molecule has 0 bridgehead atoms. The normalized spacial score (nSPS) is 27.8. The zero-order valence-corrected chi connectivity index (χ0v) is 16.7. The molecule has 2 aliphatic carbocycles. The lowest BCUT2D eigenvalue weighted by molar-refractivity contribution is -0.0543. The van der Waals surface area contributed by atoms with E-state index in [9.17, 15) is 9.59 Å². The lowest BCUT2D eigenvalue weighted by atomic mass is 9.94. The number of rotatable bonds is 6. The SMILES string of the molecule is COC1CCCCC1OC(=O)c1ccc(C(=O)OC2CCCCC2OC)cc1. The Morgan fingerprint density at radius 1 is 0.643 bits per heavy atom. The summed E-state index contributed by atoms with van der Waals surface area (Å²) in [5.41, 5.74) is 0.842. The van der Waals surface area contributed by atoms with Crippen LogP contribution in [0.4, 0.5) is 0 Å². The first-order valence-corrected chi connectivity index (χ1v) is 10.2. The maximum Gasteiger partial charge on any atom is 0.338 e. The quantitative estimate of drug-likeness (QED) is 0.686. The Hall–Kier alpha value is -1.92. The number of methoxy groups -OCH3 is 2. The minimum Gasteiger partial charge on any atom is -0.456 e. The molecule has 0 spiro atoms. The van der Waals surface area contributed by atoms with Gasteiger partial charge in [-0.2, -0.15) is 0 Å². The zero-order valence-electron chi connectivity index (χ0n) is 16.7. The molecule has 6 nitrogen and oxygen atoms in total. The molecule has 6 heteroatoms. The van der Waals surface area contributed by atoms with Gasteiger partial charge in [-0.15, -0.1) is 0 Å². The van der Waals surface area contributed by atoms with E-state index in [-0.39, 0.29) is 36.4 Å². The molecule has 0 radical (unpaired) electrons. The van der Waals surface area contributed by atoms with Crippen LogP contribution in [0.5, 0.6) is 0 Å². The molecule has 4 atom stereocenters. The Morgan fingerprint density at radius 3 is 1.29 bits per heavy atom. The molecule has 0 aliphatic heterocycles. The van der Waals surface area contributed by atoms with Gasteiger partial charge in [0.1, 0.15) is 12.2 Å². The molecular formula is C22H30O6. The van der Waals surface area contributed by atoms with Crippen LogP contribution in [0.3, 0.4) is 0 Å². The van der Waals surface area contributed by atoms with E-state index in [1.54, 1.807) is 38.5 Å². The molecule has 28 heavy (non-hydrogen) atoms. The average molecular weight is 390 g/mol. The second kappa shape index (κ2) is 10.0. The van der Waals surface area contributed by atoms with Crippen molar-refractivity contribution in [3.05, 3.63) is 35.4 Å². The molecule has 2 aliphatic rings.